The van der Waals surface area contributed by atoms with Gasteiger partial charge in [-0.25, -0.2) is 0 Å². The van der Waals surface area contributed by atoms with E-state index < -0.39 is 17.7 Å². The number of carbonyl (C=O) groups is 2. The Morgan fingerprint density at radius 3 is 2.43 bits per heavy atom. The van der Waals surface area contributed by atoms with E-state index in [1.165, 1.54) is 24.1 Å². The fourth-order valence-electron chi connectivity index (χ4n) is 3.61. The number of aliphatic hydroxyl groups is 1. The molecule has 0 saturated carbocycles. The number of aliphatic hydroxyl groups excluding tert-OH is 1. The molecule has 1 unspecified atom stereocenters. The number of hydrogen-bond donors (Lipinski definition) is 2. The van der Waals surface area contributed by atoms with Gasteiger partial charge in [-0.15, -0.1) is 0 Å². The zero-order valence-electron chi connectivity index (χ0n) is 17.3. The minimum Gasteiger partial charge on any atom is -0.508 e. The lowest BCUT2D eigenvalue weighted by Crippen LogP contribution is -2.32. The summed E-state index contributed by atoms with van der Waals surface area (Å²) in [5.74, 6) is -1.01. The van der Waals surface area contributed by atoms with Gasteiger partial charge in [0.15, 0.2) is 0 Å². The first-order valence-electron chi connectivity index (χ1n) is 9.70. The maximum Gasteiger partial charge on any atom is 0.295 e. The molecular weight excluding hydrogens is 384 g/mol. The van der Waals surface area contributed by atoms with Crippen molar-refractivity contribution >= 4 is 17.4 Å². The first kappa shape index (κ1) is 21.4. The summed E-state index contributed by atoms with van der Waals surface area (Å²) in [5, 5.41) is 20.9. The molecule has 3 rings (SSSR count). The molecule has 0 aliphatic carbocycles. The summed E-state index contributed by atoms with van der Waals surface area (Å²) < 4.78 is 5.14. The second-order valence-electron chi connectivity index (χ2n) is 7.47. The van der Waals surface area contributed by atoms with E-state index in [4.69, 9.17) is 4.74 Å². The molecule has 1 fully saturated rings. The standard InChI is InChI=1S/C23H26N2O5/c1-24(2)12-5-13-25-20(16-6-4-7-17(26)14-16)19(22(28)23(25)29)21(27)15-8-10-18(30-3)11-9-15/h4,6-11,14,20,26-27H,5,12-13H2,1-3H3. The molecule has 0 radical (unpaired) electrons. The van der Waals surface area contributed by atoms with Crippen LogP contribution >= 0.6 is 0 Å². The van der Waals surface area contributed by atoms with E-state index in [0.717, 1.165) is 6.54 Å². The van der Waals surface area contributed by atoms with Gasteiger partial charge in [0.25, 0.3) is 11.7 Å². The average Bonchev–Trinajstić information content (AvgIpc) is 2.98. The van der Waals surface area contributed by atoms with Gasteiger partial charge >= 0.3 is 0 Å². The summed E-state index contributed by atoms with van der Waals surface area (Å²) in [6.07, 6.45) is 0.665. The molecule has 2 aromatic carbocycles. The minimum atomic E-state index is -0.777. The van der Waals surface area contributed by atoms with Crippen LogP contribution in [0.1, 0.15) is 23.6 Å². The van der Waals surface area contributed by atoms with Crippen LogP contribution in [0.3, 0.4) is 0 Å². The van der Waals surface area contributed by atoms with Crippen molar-refractivity contribution in [1.29, 1.82) is 0 Å². The van der Waals surface area contributed by atoms with Crippen molar-refractivity contribution in [3.05, 3.63) is 65.2 Å². The Bertz CT molecular complexity index is 966. The molecule has 158 valence electrons. The number of Topliss-reactive ketones (excluding diaryl/α,β-unsaturated/α-hetero) is 1. The van der Waals surface area contributed by atoms with Crippen molar-refractivity contribution in [2.24, 2.45) is 0 Å². The fraction of sp³-hybridized carbons (Fsp3) is 0.304. The molecule has 1 heterocycles. The lowest BCUT2D eigenvalue weighted by Gasteiger charge is -2.26. The zero-order valence-corrected chi connectivity index (χ0v) is 17.3. The number of rotatable bonds is 7. The number of ketones is 1. The minimum absolute atomic E-state index is 0.0145. The van der Waals surface area contributed by atoms with Crippen LogP contribution < -0.4 is 4.74 Å². The second kappa shape index (κ2) is 9.00. The van der Waals surface area contributed by atoms with E-state index in [1.54, 1.807) is 36.4 Å². The molecule has 0 bridgehead atoms. The third-order valence-corrected chi connectivity index (χ3v) is 5.09. The van der Waals surface area contributed by atoms with Gasteiger partial charge in [-0.2, -0.15) is 0 Å². The van der Waals surface area contributed by atoms with Crippen molar-refractivity contribution in [3.63, 3.8) is 0 Å². The van der Waals surface area contributed by atoms with Crippen LogP contribution in [0.5, 0.6) is 11.5 Å². The van der Waals surface area contributed by atoms with Crippen LogP contribution in [0.25, 0.3) is 5.76 Å². The maximum atomic E-state index is 12.9. The topological polar surface area (TPSA) is 90.3 Å². The molecule has 1 aliphatic heterocycles. The van der Waals surface area contributed by atoms with E-state index in [9.17, 15) is 19.8 Å². The number of aromatic hydroxyl groups is 1. The highest BCUT2D eigenvalue weighted by atomic mass is 16.5. The van der Waals surface area contributed by atoms with Gasteiger partial charge in [-0.3, -0.25) is 9.59 Å². The van der Waals surface area contributed by atoms with Crippen molar-refractivity contribution in [2.45, 2.75) is 12.5 Å². The van der Waals surface area contributed by atoms with E-state index in [-0.39, 0.29) is 17.1 Å². The monoisotopic (exact) mass is 410 g/mol. The lowest BCUT2D eigenvalue weighted by atomic mass is 9.95. The van der Waals surface area contributed by atoms with Crippen LogP contribution in [-0.4, -0.2) is 66.0 Å². The van der Waals surface area contributed by atoms with Crippen LogP contribution in [0, 0.1) is 0 Å². The van der Waals surface area contributed by atoms with Gasteiger partial charge in [-0.05, 0) is 69.0 Å². The summed E-state index contributed by atoms with van der Waals surface area (Å²) in [6, 6.07) is 12.2. The molecule has 1 atom stereocenters. The van der Waals surface area contributed by atoms with Crippen molar-refractivity contribution in [2.75, 3.05) is 34.3 Å². The van der Waals surface area contributed by atoms with E-state index in [1.807, 2.05) is 19.0 Å². The van der Waals surface area contributed by atoms with E-state index in [0.29, 0.717) is 29.8 Å². The molecule has 2 aromatic rings. The number of hydrogen-bond acceptors (Lipinski definition) is 6. The third kappa shape index (κ3) is 4.31. The number of likely N-dealkylation sites (tertiary alicyclic amines) is 1. The molecule has 1 aliphatic rings. The molecule has 1 saturated heterocycles. The Hall–Kier alpha value is -3.32. The molecule has 0 spiro atoms. The molecule has 7 nitrogen and oxygen atoms in total. The molecular formula is C23H26N2O5. The highest BCUT2D eigenvalue weighted by Gasteiger charge is 2.45. The van der Waals surface area contributed by atoms with Gasteiger partial charge in [0.2, 0.25) is 0 Å². The lowest BCUT2D eigenvalue weighted by molar-refractivity contribution is -0.139. The number of benzene rings is 2. The SMILES string of the molecule is COc1ccc(C(O)=C2C(=O)C(=O)N(CCCN(C)C)C2c2cccc(O)c2)cc1. The number of phenols is 1. The van der Waals surface area contributed by atoms with Crippen molar-refractivity contribution in [3.8, 4) is 11.5 Å². The molecule has 1 amide bonds. The summed E-state index contributed by atoms with van der Waals surface area (Å²) >= 11 is 0. The number of ether oxygens (including phenoxy) is 1. The van der Waals surface area contributed by atoms with Gasteiger partial charge in [0.1, 0.15) is 17.3 Å². The predicted octanol–water partition coefficient (Wildman–Crippen LogP) is 2.77. The van der Waals surface area contributed by atoms with Crippen LogP contribution in [0.15, 0.2) is 54.1 Å². The van der Waals surface area contributed by atoms with E-state index >= 15 is 0 Å². The van der Waals surface area contributed by atoms with Gasteiger partial charge in [0, 0.05) is 12.1 Å². The highest BCUT2D eigenvalue weighted by molar-refractivity contribution is 6.46. The van der Waals surface area contributed by atoms with Crippen LogP contribution in [0.4, 0.5) is 0 Å². The van der Waals surface area contributed by atoms with Gasteiger partial charge in [-0.1, -0.05) is 12.1 Å². The number of carbonyl (C=O) groups excluding carboxylic acids is 2. The molecule has 0 aromatic heterocycles. The van der Waals surface area contributed by atoms with E-state index in [2.05, 4.69) is 0 Å². The smallest absolute Gasteiger partial charge is 0.295 e. The fourth-order valence-corrected chi connectivity index (χ4v) is 3.61. The summed E-state index contributed by atoms with van der Waals surface area (Å²) in [5.41, 5.74) is 0.988. The highest BCUT2D eigenvalue weighted by Crippen LogP contribution is 2.40. The first-order valence-corrected chi connectivity index (χ1v) is 9.70. The van der Waals surface area contributed by atoms with Gasteiger partial charge in [0.05, 0.1) is 18.7 Å². The number of amides is 1. The zero-order chi connectivity index (χ0) is 21.8. The third-order valence-electron chi connectivity index (χ3n) is 5.09. The normalized spacial score (nSPS) is 18.3. The summed E-state index contributed by atoms with van der Waals surface area (Å²) in [6.45, 7) is 1.09. The number of methoxy groups -OCH3 is 1. The molecule has 2 N–H and O–H groups in total. The second-order valence-corrected chi connectivity index (χ2v) is 7.47. The Morgan fingerprint density at radius 2 is 1.83 bits per heavy atom. The average molecular weight is 410 g/mol. The Balaban J connectivity index is 2.08. The van der Waals surface area contributed by atoms with Gasteiger partial charge < -0.3 is 24.7 Å². The van der Waals surface area contributed by atoms with Crippen molar-refractivity contribution < 1.29 is 24.5 Å². The number of phenolic OH excluding ortho intramolecular Hbond substituents is 1. The largest absolute Gasteiger partial charge is 0.508 e. The Kier molecular flexibility index (Phi) is 6.42. The Morgan fingerprint density at radius 1 is 1.13 bits per heavy atom. The Labute approximate surface area is 175 Å². The number of nitrogens with zero attached hydrogens (tertiary/aromatic N) is 2. The van der Waals surface area contributed by atoms with Crippen molar-refractivity contribution in [1.82, 2.24) is 9.80 Å². The quantitative estimate of drug-likeness (QED) is 0.414. The summed E-state index contributed by atoms with van der Waals surface area (Å²) in [7, 11) is 5.41. The molecule has 7 heteroatoms. The summed E-state index contributed by atoms with van der Waals surface area (Å²) in [4.78, 5) is 29.2. The van der Waals surface area contributed by atoms with Crippen LogP contribution in [0.2, 0.25) is 0 Å². The molecule has 30 heavy (non-hydrogen) atoms. The first-order chi connectivity index (χ1) is 14.3. The maximum absolute atomic E-state index is 12.9. The van der Waals surface area contributed by atoms with Crippen LogP contribution in [-0.2, 0) is 9.59 Å². The predicted molar refractivity (Wildman–Crippen MR) is 113 cm³/mol.